The maximum absolute atomic E-state index is 13.3. The number of hydrogen-bond acceptors (Lipinski definition) is 3. The van der Waals surface area contributed by atoms with Crippen LogP contribution in [0.15, 0.2) is 42.6 Å². The number of hydrogen-bond donors (Lipinski definition) is 1. The van der Waals surface area contributed by atoms with Gasteiger partial charge in [-0.25, -0.2) is 9.37 Å². The summed E-state index contributed by atoms with van der Waals surface area (Å²) in [5.74, 6) is 0.151. The van der Waals surface area contributed by atoms with Crippen LogP contribution in [-0.4, -0.2) is 9.97 Å². The van der Waals surface area contributed by atoms with Gasteiger partial charge >= 0.3 is 0 Å². The summed E-state index contributed by atoms with van der Waals surface area (Å²) in [4.78, 5) is 4.20. The van der Waals surface area contributed by atoms with Gasteiger partial charge in [-0.15, -0.1) is 0 Å². The molecule has 2 aromatic rings. The molecule has 0 aliphatic rings. The van der Waals surface area contributed by atoms with Gasteiger partial charge in [0.1, 0.15) is 10.7 Å². The molecular formula is C12H9FN2OS. The SMILES string of the molecule is NC(=S)c1ccc(Oc2ccccc2F)cn1. The van der Waals surface area contributed by atoms with E-state index in [4.69, 9.17) is 22.7 Å². The topological polar surface area (TPSA) is 48.1 Å². The van der Waals surface area contributed by atoms with E-state index in [1.165, 1.54) is 18.3 Å². The number of ether oxygens (including phenoxy) is 1. The average molecular weight is 248 g/mol. The zero-order valence-corrected chi connectivity index (χ0v) is 9.58. The Hall–Kier alpha value is -2.01. The maximum atomic E-state index is 13.3. The fraction of sp³-hybridized carbons (Fsp3) is 0. The Bertz CT molecular complexity index is 542. The van der Waals surface area contributed by atoms with Crippen molar-refractivity contribution in [3.8, 4) is 11.5 Å². The van der Waals surface area contributed by atoms with E-state index in [1.54, 1.807) is 24.3 Å². The molecule has 1 aromatic heterocycles. The molecule has 3 nitrogen and oxygen atoms in total. The normalized spacial score (nSPS) is 9.94. The zero-order chi connectivity index (χ0) is 12.3. The highest BCUT2D eigenvalue weighted by Gasteiger charge is 2.04. The summed E-state index contributed by atoms with van der Waals surface area (Å²) >= 11 is 4.77. The highest BCUT2D eigenvalue weighted by Crippen LogP contribution is 2.23. The van der Waals surface area contributed by atoms with Gasteiger partial charge in [-0.3, -0.25) is 0 Å². The first-order valence-corrected chi connectivity index (χ1v) is 5.26. The quantitative estimate of drug-likeness (QED) is 0.848. The van der Waals surface area contributed by atoms with E-state index in [9.17, 15) is 4.39 Å². The van der Waals surface area contributed by atoms with E-state index in [2.05, 4.69) is 4.98 Å². The van der Waals surface area contributed by atoms with Crippen LogP contribution in [0, 0.1) is 5.82 Å². The number of aromatic nitrogens is 1. The number of thiocarbonyl (C=S) groups is 1. The number of rotatable bonds is 3. The Kier molecular flexibility index (Phi) is 3.30. The van der Waals surface area contributed by atoms with Crippen molar-refractivity contribution in [1.82, 2.24) is 4.98 Å². The summed E-state index contributed by atoms with van der Waals surface area (Å²) < 4.78 is 18.6. The molecule has 17 heavy (non-hydrogen) atoms. The van der Waals surface area contributed by atoms with Gasteiger partial charge in [0.15, 0.2) is 11.6 Å². The summed E-state index contributed by atoms with van der Waals surface area (Å²) in [6.07, 6.45) is 1.45. The number of halogens is 1. The van der Waals surface area contributed by atoms with Crippen LogP contribution in [-0.2, 0) is 0 Å². The van der Waals surface area contributed by atoms with E-state index >= 15 is 0 Å². The minimum Gasteiger partial charge on any atom is -0.453 e. The second kappa shape index (κ2) is 4.88. The van der Waals surface area contributed by atoms with Crippen molar-refractivity contribution in [1.29, 1.82) is 0 Å². The van der Waals surface area contributed by atoms with Crippen LogP contribution in [0.5, 0.6) is 11.5 Å². The van der Waals surface area contributed by atoms with Gasteiger partial charge in [0.25, 0.3) is 0 Å². The Balaban J connectivity index is 2.20. The van der Waals surface area contributed by atoms with Gasteiger partial charge in [-0.05, 0) is 24.3 Å². The molecule has 0 amide bonds. The fourth-order valence-electron chi connectivity index (χ4n) is 1.24. The predicted molar refractivity (Wildman–Crippen MR) is 66.6 cm³/mol. The van der Waals surface area contributed by atoms with Crippen molar-refractivity contribution < 1.29 is 9.13 Å². The molecule has 0 spiro atoms. The first-order chi connectivity index (χ1) is 8.16. The molecule has 1 heterocycles. The van der Waals surface area contributed by atoms with Gasteiger partial charge < -0.3 is 10.5 Å². The first-order valence-electron chi connectivity index (χ1n) is 4.85. The zero-order valence-electron chi connectivity index (χ0n) is 8.76. The number of nitrogens with zero attached hydrogens (tertiary/aromatic N) is 1. The van der Waals surface area contributed by atoms with E-state index < -0.39 is 5.82 Å². The van der Waals surface area contributed by atoms with Crippen LogP contribution < -0.4 is 10.5 Å². The van der Waals surface area contributed by atoms with Crippen LogP contribution in [0.25, 0.3) is 0 Å². The lowest BCUT2D eigenvalue weighted by atomic mass is 10.3. The van der Waals surface area contributed by atoms with E-state index in [0.29, 0.717) is 11.4 Å². The molecular weight excluding hydrogens is 239 g/mol. The number of nitrogens with two attached hydrogens (primary N) is 1. The van der Waals surface area contributed by atoms with E-state index in [-0.39, 0.29) is 10.7 Å². The molecule has 86 valence electrons. The summed E-state index contributed by atoms with van der Waals surface area (Å²) in [5, 5.41) is 0. The van der Waals surface area contributed by atoms with Crippen molar-refractivity contribution in [3.05, 3.63) is 54.1 Å². The predicted octanol–water partition coefficient (Wildman–Crippen LogP) is 2.65. The van der Waals surface area contributed by atoms with E-state index in [1.807, 2.05) is 0 Å². The van der Waals surface area contributed by atoms with Crippen molar-refractivity contribution in [2.24, 2.45) is 5.73 Å². The van der Waals surface area contributed by atoms with Gasteiger partial charge in [0, 0.05) is 0 Å². The van der Waals surface area contributed by atoms with Crippen LogP contribution in [0.2, 0.25) is 0 Å². The van der Waals surface area contributed by atoms with Gasteiger partial charge in [-0.1, -0.05) is 24.4 Å². The average Bonchev–Trinajstić information content (AvgIpc) is 2.33. The second-order valence-corrected chi connectivity index (χ2v) is 3.72. The van der Waals surface area contributed by atoms with Crippen molar-refractivity contribution in [2.75, 3.05) is 0 Å². The first kappa shape index (κ1) is 11.5. The van der Waals surface area contributed by atoms with E-state index in [0.717, 1.165) is 0 Å². The molecule has 0 fully saturated rings. The molecule has 0 bridgehead atoms. The van der Waals surface area contributed by atoms with Gasteiger partial charge in [0.05, 0.1) is 11.9 Å². The Morgan fingerprint density at radius 3 is 2.59 bits per heavy atom. The highest BCUT2D eigenvalue weighted by atomic mass is 32.1. The second-order valence-electron chi connectivity index (χ2n) is 3.28. The highest BCUT2D eigenvalue weighted by molar-refractivity contribution is 7.80. The molecule has 5 heteroatoms. The van der Waals surface area contributed by atoms with Crippen LogP contribution in [0.4, 0.5) is 4.39 Å². The van der Waals surface area contributed by atoms with Crippen LogP contribution >= 0.6 is 12.2 Å². The molecule has 0 radical (unpaired) electrons. The monoisotopic (exact) mass is 248 g/mol. The van der Waals surface area contributed by atoms with Crippen LogP contribution in [0.1, 0.15) is 5.69 Å². The third-order valence-electron chi connectivity index (χ3n) is 2.05. The lowest BCUT2D eigenvalue weighted by Gasteiger charge is -2.06. The summed E-state index contributed by atoms with van der Waals surface area (Å²) in [5.41, 5.74) is 5.91. The molecule has 1 aromatic carbocycles. The van der Waals surface area contributed by atoms with Crippen LogP contribution in [0.3, 0.4) is 0 Å². The number of benzene rings is 1. The Morgan fingerprint density at radius 2 is 2.00 bits per heavy atom. The molecule has 2 N–H and O–H groups in total. The summed E-state index contributed by atoms with van der Waals surface area (Å²) in [6, 6.07) is 9.40. The molecule has 0 saturated carbocycles. The smallest absolute Gasteiger partial charge is 0.165 e. The standard InChI is InChI=1S/C12H9FN2OS/c13-9-3-1-2-4-11(9)16-8-5-6-10(12(14)17)15-7-8/h1-7H,(H2,14,17). The molecule has 0 unspecified atom stereocenters. The third kappa shape index (κ3) is 2.76. The van der Waals surface area contributed by atoms with Crippen molar-refractivity contribution in [2.45, 2.75) is 0 Å². The largest absolute Gasteiger partial charge is 0.453 e. The summed E-state index contributed by atoms with van der Waals surface area (Å²) in [7, 11) is 0. The van der Waals surface area contributed by atoms with Crippen molar-refractivity contribution in [3.63, 3.8) is 0 Å². The third-order valence-corrected chi connectivity index (χ3v) is 2.26. The molecule has 2 rings (SSSR count). The molecule has 0 atom stereocenters. The Labute approximate surface area is 103 Å². The number of para-hydroxylation sites is 1. The van der Waals surface area contributed by atoms with Crippen molar-refractivity contribution >= 4 is 17.2 Å². The Morgan fingerprint density at radius 1 is 1.24 bits per heavy atom. The molecule has 0 aliphatic heterocycles. The van der Waals surface area contributed by atoms with Gasteiger partial charge in [0.2, 0.25) is 0 Å². The lowest BCUT2D eigenvalue weighted by Crippen LogP contribution is -2.10. The summed E-state index contributed by atoms with van der Waals surface area (Å²) in [6.45, 7) is 0. The molecule has 0 saturated heterocycles. The minimum absolute atomic E-state index is 0.150. The lowest BCUT2D eigenvalue weighted by molar-refractivity contribution is 0.440. The number of pyridine rings is 1. The minimum atomic E-state index is -0.425. The molecule has 0 aliphatic carbocycles. The fourth-order valence-corrected chi connectivity index (χ4v) is 1.36. The maximum Gasteiger partial charge on any atom is 0.165 e. The van der Waals surface area contributed by atoms with Gasteiger partial charge in [-0.2, -0.15) is 0 Å².